The molecule has 2 N–H and O–H groups in total. The molecule has 1 saturated heterocycles. The molecule has 1 aliphatic heterocycles. The topological polar surface area (TPSA) is 24.1 Å². The minimum Gasteiger partial charge on any atom is -0.317 e. The van der Waals surface area contributed by atoms with Gasteiger partial charge < -0.3 is 10.6 Å². The Morgan fingerprint density at radius 2 is 1.81 bits per heavy atom. The largest absolute Gasteiger partial charge is 0.317 e. The maximum Gasteiger partial charge on any atom is 0.0145 e. The molecular formula is C14H20N2. The summed E-state index contributed by atoms with van der Waals surface area (Å²) in [7, 11) is 0. The monoisotopic (exact) mass is 216 g/mol. The van der Waals surface area contributed by atoms with Gasteiger partial charge in [0.2, 0.25) is 0 Å². The number of benzene rings is 1. The number of hydrogen-bond donors (Lipinski definition) is 2. The van der Waals surface area contributed by atoms with Crippen LogP contribution in [0, 0.1) is 0 Å². The number of hydrogen-bond acceptors (Lipinski definition) is 2. The molecule has 1 aliphatic carbocycles. The van der Waals surface area contributed by atoms with Crippen LogP contribution in [-0.4, -0.2) is 25.2 Å². The van der Waals surface area contributed by atoms with Gasteiger partial charge in [-0.15, -0.1) is 0 Å². The van der Waals surface area contributed by atoms with Crippen molar-refractivity contribution in [2.45, 2.75) is 37.3 Å². The highest BCUT2D eigenvalue weighted by Crippen LogP contribution is 2.41. The Kier molecular flexibility index (Phi) is 2.94. The van der Waals surface area contributed by atoms with Crippen molar-refractivity contribution in [3.8, 4) is 0 Å². The SMILES string of the molecule is c1ccc([C@@H]2C[C@@H]2NC2CCNCC2)cc1. The fourth-order valence-electron chi connectivity index (χ4n) is 2.74. The van der Waals surface area contributed by atoms with Crippen LogP contribution in [0.3, 0.4) is 0 Å². The van der Waals surface area contributed by atoms with E-state index in [0.29, 0.717) is 0 Å². The van der Waals surface area contributed by atoms with Crippen LogP contribution in [0.4, 0.5) is 0 Å². The molecule has 2 nitrogen and oxygen atoms in total. The van der Waals surface area contributed by atoms with E-state index in [1.54, 1.807) is 0 Å². The predicted octanol–water partition coefficient (Wildman–Crippen LogP) is 1.88. The first-order valence-corrected chi connectivity index (χ1v) is 6.45. The minimum absolute atomic E-state index is 0.741. The molecule has 1 aromatic rings. The second-order valence-corrected chi connectivity index (χ2v) is 5.05. The molecule has 0 bridgehead atoms. The van der Waals surface area contributed by atoms with Gasteiger partial charge in [0.1, 0.15) is 0 Å². The molecule has 2 heteroatoms. The van der Waals surface area contributed by atoms with E-state index >= 15 is 0 Å². The molecule has 2 atom stereocenters. The third kappa shape index (κ3) is 2.28. The van der Waals surface area contributed by atoms with Crippen molar-refractivity contribution in [1.29, 1.82) is 0 Å². The Labute approximate surface area is 97.4 Å². The van der Waals surface area contributed by atoms with Crippen molar-refractivity contribution < 1.29 is 0 Å². The maximum absolute atomic E-state index is 3.80. The zero-order valence-electron chi connectivity index (χ0n) is 9.65. The summed E-state index contributed by atoms with van der Waals surface area (Å²) in [6, 6.07) is 12.4. The van der Waals surface area contributed by atoms with Gasteiger partial charge in [0.25, 0.3) is 0 Å². The summed E-state index contributed by atoms with van der Waals surface area (Å²) in [5.74, 6) is 0.774. The van der Waals surface area contributed by atoms with Crippen LogP contribution in [-0.2, 0) is 0 Å². The van der Waals surface area contributed by atoms with E-state index in [-0.39, 0.29) is 0 Å². The maximum atomic E-state index is 3.80. The lowest BCUT2D eigenvalue weighted by molar-refractivity contribution is 0.383. The van der Waals surface area contributed by atoms with Gasteiger partial charge in [0, 0.05) is 18.0 Å². The molecule has 3 rings (SSSR count). The van der Waals surface area contributed by atoms with Gasteiger partial charge in [-0.2, -0.15) is 0 Å². The zero-order chi connectivity index (χ0) is 10.8. The van der Waals surface area contributed by atoms with Gasteiger partial charge in [-0.05, 0) is 37.9 Å². The summed E-state index contributed by atoms with van der Waals surface area (Å²) in [6.45, 7) is 2.36. The van der Waals surface area contributed by atoms with E-state index < -0.39 is 0 Å². The second kappa shape index (κ2) is 4.56. The molecule has 86 valence electrons. The van der Waals surface area contributed by atoms with Crippen molar-refractivity contribution in [3.05, 3.63) is 35.9 Å². The normalized spacial score (nSPS) is 30.2. The van der Waals surface area contributed by atoms with Gasteiger partial charge in [-0.1, -0.05) is 30.3 Å². The number of rotatable bonds is 3. The van der Waals surface area contributed by atoms with Crippen LogP contribution in [0.25, 0.3) is 0 Å². The first kappa shape index (κ1) is 10.3. The molecule has 1 saturated carbocycles. The Morgan fingerprint density at radius 3 is 2.56 bits per heavy atom. The molecule has 0 spiro atoms. The highest BCUT2D eigenvalue weighted by molar-refractivity contribution is 5.27. The summed E-state index contributed by atoms with van der Waals surface area (Å²) < 4.78 is 0. The lowest BCUT2D eigenvalue weighted by Gasteiger charge is -2.24. The molecule has 0 radical (unpaired) electrons. The Balaban J connectivity index is 1.52. The van der Waals surface area contributed by atoms with E-state index in [0.717, 1.165) is 18.0 Å². The van der Waals surface area contributed by atoms with Crippen LogP contribution < -0.4 is 10.6 Å². The standard InChI is InChI=1S/C14H20N2/c1-2-4-11(5-3-1)13-10-14(13)16-12-6-8-15-9-7-12/h1-5,12-16H,6-10H2/t13-,14-/m0/s1. The molecule has 1 aromatic carbocycles. The van der Waals surface area contributed by atoms with E-state index in [4.69, 9.17) is 0 Å². The molecule has 2 fully saturated rings. The van der Waals surface area contributed by atoms with Crippen LogP contribution in [0.2, 0.25) is 0 Å². The first-order valence-electron chi connectivity index (χ1n) is 6.45. The molecule has 1 heterocycles. The van der Waals surface area contributed by atoms with Crippen LogP contribution in [0.15, 0.2) is 30.3 Å². The third-order valence-corrected chi connectivity index (χ3v) is 3.81. The Hall–Kier alpha value is -0.860. The van der Waals surface area contributed by atoms with Gasteiger partial charge >= 0.3 is 0 Å². The lowest BCUT2D eigenvalue weighted by atomic mass is 10.1. The summed E-state index contributed by atoms with van der Waals surface area (Å²) in [4.78, 5) is 0. The van der Waals surface area contributed by atoms with Gasteiger partial charge in [-0.25, -0.2) is 0 Å². The molecule has 0 aromatic heterocycles. The quantitative estimate of drug-likeness (QED) is 0.806. The fraction of sp³-hybridized carbons (Fsp3) is 0.571. The summed E-state index contributed by atoms with van der Waals surface area (Å²) in [5.41, 5.74) is 1.51. The minimum atomic E-state index is 0.741. The van der Waals surface area contributed by atoms with E-state index in [1.165, 1.54) is 37.9 Å². The Bertz CT molecular complexity index is 330. The average molecular weight is 216 g/mol. The summed E-state index contributed by atoms with van der Waals surface area (Å²) in [6.07, 6.45) is 3.91. The fourth-order valence-corrected chi connectivity index (χ4v) is 2.74. The van der Waals surface area contributed by atoms with E-state index in [9.17, 15) is 0 Å². The Morgan fingerprint density at radius 1 is 1.06 bits per heavy atom. The highest BCUT2D eigenvalue weighted by atomic mass is 15.0. The number of piperidine rings is 1. The van der Waals surface area contributed by atoms with Gasteiger partial charge in [-0.3, -0.25) is 0 Å². The van der Waals surface area contributed by atoms with Crippen molar-refractivity contribution in [2.75, 3.05) is 13.1 Å². The van der Waals surface area contributed by atoms with Crippen LogP contribution in [0.5, 0.6) is 0 Å². The smallest absolute Gasteiger partial charge is 0.0145 e. The van der Waals surface area contributed by atoms with E-state index in [1.807, 2.05) is 0 Å². The van der Waals surface area contributed by atoms with E-state index in [2.05, 4.69) is 41.0 Å². The first-order chi connectivity index (χ1) is 7.93. The van der Waals surface area contributed by atoms with Crippen LogP contribution in [0.1, 0.15) is 30.7 Å². The summed E-state index contributed by atoms with van der Waals surface area (Å²) >= 11 is 0. The van der Waals surface area contributed by atoms with Crippen molar-refractivity contribution in [3.63, 3.8) is 0 Å². The van der Waals surface area contributed by atoms with Crippen molar-refractivity contribution >= 4 is 0 Å². The zero-order valence-corrected chi connectivity index (χ0v) is 9.65. The lowest BCUT2D eigenvalue weighted by Crippen LogP contribution is -2.41. The van der Waals surface area contributed by atoms with Crippen LogP contribution >= 0.6 is 0 Å². The summed E-state index contributed by atoms with van der Waals surface area (Å²) in [5, 5.41) is 7.21. The van der Waals surface area contributed by atoms with Gasteiger partial charge in [0.05, 0.1) is 0 Å². The molecule has 16 heavy (non-hydrogen) atoms. The predicted molar refractivity (Wildman–Crippen MR) is 66.6 cm³/mol. The number of nitrogens with one attached hydrogen (secondary N) is 2. The average Bonchev–Trinajstić information content (AvgIpc) is 3.11. The second-order valence-electron chi connectivity index (χ2n) is 5.05. The molecule has 0 unspecified atom stereocenters. The van der Waals surface area contributed by atoms with Crippen molar-refractivity contribution in [2.24, 2.45) is 0 Å². The highest BCUT2D eigenvalue weighted by Gasteiger charge is 2.39. The molecular weight excluding hydrogens is 196 g/mol. The third-order valence-electron chi connectivity index (χ3n) is 3.81. The van der Waals surface area contributed by atoms with Gasteiger partial charge in [0.15, 0.2) is 0 Å². The molecule has 0 amide bonds. The molecule has 2 aliphatic rings. The van der Waals surface area contributed by atoms with Crippen molar-refractivity contribution in [1.82, 2.24) is 10.6 Å².